The summed E-state index contributed by atoms with van der Waals surface area (Å²) in [6.45, 7) is 2.15. The van der Waals surface area contributed by atoms with Crippen LogP contribution in [0.4, 0.5) is 5.69 Å². The normalized spacial score (nSPS) is 12.2. The summed E-state index contributed by atoms with van der Waals surface area (Å²) in [7, 11) is -0.445. The van der Waals surface area contributed by atoms with Crippen molar-refractivity contribution < 1.29 is 22.7 Å². The molecule has 0 aliphatic carbocycles. The summed E-state index contributed by atoms with van der Waals surface area (Å²) >= 11 is 6.14. The molecule has 0 aliphatic rings. The van der Waals surface area contributed by atoms with Crippen molar-refractivity contribution >= 4 is 33.2 Å². The summed E-state index contributed by atoms with van der Waals surface area (Å²) in [5.74, 6) is 1.08. The number of anilines is 1. The largest absolute Gasteiger partial charge is 0.497 e. The molecule has 0 radical (unpaired) electrons. The van der Waals surface area contributed by atoms with Gasteiger partial charge in [-0.3, -0.25) is 9.10 Å². The molecule has 2 rings (SSSR count). The average molecular weight is 469 g/mol. The van der Waals surface area contributed by atoms with Crippen molar-refractivity contribution in [2.75, 3.05) is 31.3 Å². The minimum Gasteiger partial charge on any atom is -0.497 e. The first-order valence-electron chi connectivity index (χ1n) is 9.94. The van der Waals surface area contributed by atoms with Gasteiger partial charge in [0.15, 0.2) is 0 Å². The molecule has 0 saturated carbocycles. The number of hydrogen-bond donors (Lipinski definition) is 1. The fraction of sp³-hybridized carbons (Fsp3) is 0.409. The number of halogens is 1. The van der Waals surface area contributed by atoms with Crippen LogP contribution in [0.25, 0.3) is 0 Å². The van der Waals surface area contributed by atoms with E-state index in [4.69, 9.17) is 21.1 Å². The molecule has 0 aliphatic heterocycles. The average Bonchev–Trinajstić information content (AvgIpc) is 2.74. The van der Waals surface area contributed by atoms with Crippen molar-refractivity contribution in [3.8, 4) is 11.5 Å². The Labute approximate surface area is 189 Å². The first-order valence-corrected chi connectivity index (χ1v) is 12.2. The van der Waals surface area contributed by atoms with Gasteiger partial charge in [-0.05, 0) is 48.7 Å². The molecule has 0 unspecified atom stereocenters. The second-order valence-electron chi connectivity index (χ2n) is 7.06. The highest BCUT2D eigenvalue weighted by atomic mass is 35.5. The first kappa shape index (κ1) is 24.8. The van der Waals surface area contributed by atoms with Gasteiger partial charge in [-0.25, -0.2) is 8.42 Å². The minimum absolute atomic E-state index is 0.121. The van der Waals surface area contributed by atoms with E-state index in [1.54, 1.807) is 19.2 Å². The molecule has 0 spiro atoms. The summed E-state index contributed by atoms with van der Waals surface area (Å²) < 4.78 is 36.1. The number of carbonyl (C=O) groups is 1. The SMILES string of the molecule is CC[C@H](NC(=O)CCCN(c1ccc(OC)c(Cl)c1)S(C)(=O)=O)c1ccc(OC)cc1. The third kappa shape index (κ3) is 7.04. The second kappa shape index (κ2) is 11.2. The van der Waals surface area contributed by atoms with Gasteiger partial charge in [-0.1, -0.05) is 30.7 Å². The Morgan fingerprint density at radius 3 is 2.32 bits per heavy atom. The number of hydrogen-bond acceptors (Lipinski definition) is 5. The molecule has 0 fully saturated rings. The molecule has 0 aromatic heterocycles. The van der Waals surface area contributed by atoms with Crippen molar-refractivity contribution in [2.24, 2.45) is 0 Å². The van der Waals surface area contributed by atoms with Crippen molar-refractivity contribution in [3.63, 3.8) is 0 Å². The third-order valence-electron chi connectivity index (χ3n) is 4.85. The number of nitrogens with zero attached hydrogens (tertiary/aromatic N) is 1. The van der Waals surface area contributed by atoms with Gasteiger partial charge in [-0.2, -0.15) is 0 Å². The number of rotatable bonds is 11. The maximum absolute atomic E-state index is 12.5. The van der Waals surface area contributed by atoms with Crippen molar-refractivity contribution in [3.05, 3.63) is 53.1 Å². The summed E-state index contributed by atoms with van der Waals surface area (Å²) in [6, 6.07) is 12.2. The number of nitrogens with one attached hydrogen (secondary N) is 1. The van der Waals surface area contributed by atoms with Crippen LogP contribution >= 0.6 is 11.6 Å². The molecule has 2 aromatic rings. The minimum atomic E-state index is -3.54. The zero-order chi connectivity index (χ0) is 23.0. The summed E-state index contributed by atoms with van der Waals surface area (Å²) in [5, 5.41) is 3.33. The van der Waals surface area contributed by atoms with Gasteiger partial charge in [0.25, 0.3) is 0 Å². The van der Waals surface area contributed by atoms with Crippen molar-refractivity contribution in [1.82, 2.24) is 5.32 Å². The highest BCUT2D eigenvalue weighted by Gasteiger charge is 2.19. The molecule has 0 heterocycles. The van der Waals surface area contributed by atoms with Crippen LogP contribution in [-0.2, 0) is 14.8 Å². The molecule has 1 amide bonds. The van der Waals surface area contributed by atoms with Crippen LogP contribution in [0, 0.1) is 0 Å². The van der Waals surface area contributed by atoms with E-state index in [1.807, 2.05) is 31.2 Å². The van der Waals surface area contributed by atoms with E-state index in [1.165, 1.54) is 17.5 Å². The monoisotopic (exact) mass is 468 g/mol. The van der Waals surface area contributed by atoms with E-state index in [-0.39, 0.29) is 24.9 Å². The molecular weight excluding hydrogens is 440 g/mol. The van der Waals surface area contributed by atoms with E-state index >= 15 is 0 Å². The number of methoxy groups -OCH3 is 2. The zero-order valence-corrected chi connectivity index (χ0v) is 19.8. The Balaban J connectivity index is 1.99. The Morgan fingerprint density at radius 2 is 1.81 bits per heavy atom. The first-order chi connectivity index (χ1) is 14.7. The Kier molecular flexibility index (Phi) is 9.00. The Morgan fingerprint density at radius 1 is 1.13 bits per heavy atom. The number of benzene rings is 2. The fourth-order valence-corrected chi connectivity index (χ4v) is 4.41. The van der Waals surface area contributed by atoms with Gasteiger partial charge in [0.1, 0.15) is 11.5 Å². The van der Waals surface area contributed by atoms with Gasteiger partial charge in [0.05, 0.1) is 37.2 Å². The van der Waals surface area contributed by atoms with E-state index in [0.717, 1.165) is 24.0 Å². The third-order valence-corrected chi connectivity index (χ3v) is 6.34. The van der Waals surface area contributed by atoms with Crippen LogP contribution in [0.1, 0.15) is 37.8 Å². The Hall–Kier alpha value is -2.45. The molecule has 2 aromatic carbocycles. The zero-order valence-electron chi connectivity index (χ0n) is 18.2. The fourth-order valence-electron chi connectivity index (χ4n) is 3.20. The molecule has 1 N–H and O–H groups in total. The molecule has 1 atom stereocenters. The van der Waals surface area contributed by atoms with Crippen LogP contribution in [0.5, 0.6) is 11.5 Å². The quantitative estimate of drug-likeness (QED) is 0.535. The van der Waals surface area contributed by atoms with Gasteiger partial charge in [-0.15, -0.1) is 0 Å². The molecule has 0 saturated heterocycles. The maximum atomic E-state index is 12.5. The summed E-state index contributed by atoms with van der Waals surface area (Å²) in [4.78, 5) is 12.5. The molecule has 9 heteroatoms. The smallest absolute Gasteiger partial charge is 0.232 e. The van der Waals surface area contributed by atoms with Crippen LogP contribution in [-0.4, -0.2) is 41.3 Å². The van der Waals surface area contributed by atoms with Crippen LogP contribution < -0.4 is 19.1 Å². The second-order valence-corrected chi connectivity index (χ2v) is 9.37. The maximum Gasteiger partial charge on any atom is 0.232 e. The predicted molar refractivity (Wildman–Crippen MR) is 124 cm³/mol. The molecule has 31 heavy (non-hydrogen) atoms. The summed E-state index contributed by atoms with van der Waals surface area (Å²) in [6.07, 6.45) is 2.42. The van der Waals surface area contributed by atoms with E-state index in [9.17, 15) is 13.2 Å². The van der Waals surface area contributed by atoms with Gasteiger partial charge >= 0.3 is 0 Å². The number of amides is 1. The molecular formula is C22H29ClN2O5S. The van der Waals surface area contributed by atoms with Gasteiger partial charge in [0, 0.05) is 13.0 Å². The van der Waals surface area contributed by atoms with E-state index in [2.05, 4.69) is 5.32 Å². The summed E-state index contributed by atoms with van der Waals surface area (Å²) in [5.41, 5.74) is 1.42. The van der Waals surface area contributed by atoms with Crippen LogP contribution in [0.2, 0.25) is 5.02 Å². The number of sulfonamides is 1. The topological polar surface area (TPSA) is 84.9 Å². The molecule has 170 valence electrons. The lowest BCUT2D eigenvalue weighted by Crippen LogP contribution is -2.33. The lowest BCUT2D eigenvalue weighted by molar-refractivity contribution is -0.121. The standard InChI is InChI=1S/C22H29ClN2O5S/c1-5-20(16-8-11-18(29-2)12-9-16)24-22(26)7-6-14-25(31(4,27)28)17-10-13-21(30-3)19(23)15-17/h8-13,15,20H,5-7,14H2,1-4H3,(H,24,26)/t20-/m0/s1. The van der Waals surface area contributed by atoms with Crippen LogP contribution in [0.3, 0.4) is 0 Å². The van der Waals surface area contributed by atoms with Crippen molar-refractivity contribution in [2.45, 2.75) is 32.2 Å². The molecule has 0 bridgehead atoms. The lowest BCUT2D eigenvalue weighted by atomic mass is 10.0. The van der Waals surface area contributed by atoms with Gasteiger partial charge in [0.2, 0.25) is 15.9 Å². The highest BCUT2D eigenvalue weighted by Crippen LogP contribution is 2.30. The highest BCUT2D eigenvalue weighted by molar-refractivity contribution is 7.92. The van der Waals surface area contributed by atoms with Crippen LogP contribution in [0.15, 0.2) is 42.5 Å². The Bertz CT molecular complexity index is 980. The molecule has 7 nitrogen and oxygen atoms in total. The number of carbonyl (C=O) groups excluding carboxylic acids is 1. The van der Waals surface area contributed by atoms with Gasteiger partial charge < -0.3 is 14.8 Å². The lowest BCUT2D eigenvalue weighted by Gasteiger charge is -2.23. The predicted octanol–water partition coefficient (Wildman–Crippen LogP) is 4.17. The number of ether oxygens (including phenoxy) is 2. The van der Waals surface area contributed by atoms with Crippen molar-refractivity contribution in [1.29, 1.82) is 0 Å². The van der Waals surface area contributed by atoms with E-state index in [0.29, 0.717) is 22.9 Å². The van der Waals surface area contributed by atoms with E-state index < -0.39 is 10.0 Å².